The molecule has 5 atom stereocenters. The molecule has 0 aromatic carbocycles. The van der Waals surface area contributed by atoms with Gasteiger partial charge in [-0.3, -0.25) is 4.79 Å². The van der Waals surface area contributed by atoms with E-state index >= 15 is 0 Å². The molecule has 2 saturated carbocycles. The molecular weight excluding hydrogens is 316 g/mol. The predicted octanol–water partition coefficient (Wildman–Crippen LogP) is 4.13. The molecule has 138 valence electrons. The summed E-state index contributed by atoms with van der Waals surface area (Å²) in [6.45, 7) is 8.54. The Bertz CT molecular complexity index is 634. The first-order valence-corrected chi connectivity index (χ1v) is 9.29. The monoisotopic (exact) mass is 346 g/mol. The molecule has 0 radical (unpaired) electrons. The molecule has 1 aromatic rings. The number of allylic oxidation sites excluding steroid dienone is 1. The van der Waals surface area contributed by atoms with E-state index in [-0.39, 0.29) is 17.3 Å². The number of furan rings is 1. The van der Waals surface area contributed by atoms with E-state index in [0.717, 1.165) is 32.1 Å². The molecule has 2 aliphatic carbocycles. The van der Waals surface area contributed by atoms with Gasteiger partial charge in [0.2, 0.25) is 0 Å². The largest absolute Gasteiger partial charge is 0.472 e. The van der Waals surface area contributed by atoms with Crippen LogP contribution in [0.1, 0.15) is 51.5 Å². The number of hydrogen-bond donors (Lipinski definition) is 1. The van der Waals surface area contributed by atoms with E-state index in [2.05, 4.69) is 13.5 Å². The molecule has 3 rings (SSSR count). The van der Waals surface area contributed by atoms with E-state index in [9.17, 15) is 9.90 Å². The summed E-state index contributed by atoms with van der Waals surface area (Å²) >= 11 is 0. The molecule has 25 heavy (non-hydrogen) atoms. The van der Waals surface area contributed by atoms with Gasteiger partial charge in [-0.2, -0.15) is 0 Å². The highest BCUT2D eigenvalue weighted by Crippen LogP contribution is 2.62. The number of fused-ring (bicyclic) bond motifs is 1. The molecule has 0 unspecified atom stereocenters. The molecule has 1 N–H and O–H groups in total. The average Bonchev–Trinajstić information content (AvgIpc) is 3.10. The van der Waals surface area contributed by atoms with Crippen molar-refractivity contribution < 1.29 is 19.1 Å². The van der Waals surface area contributed by atoms with Gasteiger partial charge < -0.3 is 14.3 Å². The summed E-state index contributed by atoms with van der Waals surface area (Å²) < 4.78 is 10.3. The maximum absolute atomic E-state index is 12.6. The van der Waals surface area contributed by atoms with Gasteiger partial charge in [-0.05, 0) is 74.3 Å². The van der Waals surface area contributed by atoms with Crippen LogP contribution in [0.15, 0.2) is 35.2 Å². The standard InChI is InChI=1S/C21H30O4/c1-14-5-8-17-20(2,16(14)7-6-15-10-12-25-13-15)11-9-18(22)21(17,3)19(23)24-4/h10,12-13,16-18,22H,1,5-9,11H2,2-4H3/t16-,17+,18-,20+,21+/m1/s1. The lowest BCUT2D eigenvalue weighted by atomic mass is 9.46. The van der Waals surface area contributed by atoms with Gasteiger partial charge in [0.15, 0.2) is 0 Å². The van der Waals surface area contributed by atoms with Gasteiger partial charge in [0.1, 0.15) is 0 Å². The van der Waals surface area contributed by atoms with Gasteiger partial charge in [-0.1, -0.05) is 19.1 Å². The molecular formula is C21H30O4. The zero-order valence-corrected chi connectivity index (χ0v) is 15.6. The number of hydrogen-bond acceptors (Lipinski definition) is 4. The maximum Gasteiger partial charge on any atom is 0.314 e. The summed E-state index contributed by atoms with van der Waals surface area (Å²) in [7, 11) is 1.42. The SMILES string of the molecule is C=C1CC[C@H]2[C@@](C)(CC[C@@H](O)[C@@]2(C)C(=O)OC)[C@@H]1CCc1ccoc1. The number of ether oxygens (including phenoxy) is 1. The summed E-state index contributed by atoms with van der Waals surface area (Å²) in [4.78, 5) is 12.6. The molecule has 4 nitrogen and oxygen atoms in total. The second-order valence-corrected chi connectivity index (χ2v) is 8.31. The highest BCUT2D eigenvalue weighted by molar-refractivity contribution is 5.78. The van der Waals surface area contributed by atoms with E-state index < -0.39 is 11.5 Å². The molecule has 0 spiro atoms. The summed E-state index contributed by atoms with van der Waals surface area (Å²) in [6.07, 6.45) is 8.16. The molecule has 2 fully saturated rings. The zero-order chi connectivity index (χ0) is 18.2. The third-order valence-electron chi connectivity index (χ3n) is 7.14. The lowest BCUT2D eigenvalue weighted by Crippen LogP contribution is -2.59. The van der Waals surface area contributed by atoms with Crippen molar-refractivity contribution in [3.05, 3.63) is 36.3 Å². The smallest absolute Gasteiger partial charge is 0.314 e. The Labute approximate surface area is 150 Å². The Hall–Kier alpha value is -1.55. The van der Waals surface area contributed by atoms with Crippen LogP contribution in [0.4, 0.5) is 0 Å². The third-order valence-corrected chi connectivity index (χ3v) is 7.14. The van der Waals surface area contributed by atoms with Gasteiger partial charge in [0.25, 0.3) is 0 Å². The Balaban J connectivity index is 1.90. The van der Waals surface area contributed by atoms with Crippen LogP contribution < -0.4 is 0 Å². The van der Waals surface area contributed by atoms with Gasteiger partial charge in [-0.25, -0.2) is 0 Å². The van der Waals surface area contributed by atoms with Gasteiger partial charge in [0, 0.05) is 0 Å². The fourth-order valence-electron chi connectivity index (χ4n) is 5.63. The number of aryl methyl sites for hydroxylation is 1. The molecule has 0 saturated heterocycles. The van der Waals surface area contributed by atoms with Crippen molar-refractivity contribution in [3.63, 3.8) is 0 Å². The number of carbonyl (C=O) groups is 1. The molecule has 0 amide bonds. The zero-order valence-electron chi connectivity index (χ0n) is 15.6. The average molecular weight is 346 g/mol. The lowest BCUT2D eigenvalue weighted by molar-refractivity contribution is -0.186. The summed E-state index contributed by atoms with van der Waals surface area (Å²) in [5, 5.41) is 10.7. The Morgan fingerprint density at radius 1 is 1.44 bits per heavy atom. The second kappa shape index (κ2) is 6.64. The minimum Gasteiger partial charge on any atom is -0.472 e. The van der Waals surface area contributed by atoms with E-state index in [1.165, 1.54) is 18.2 Å². The normalized spacial score (nSPS) is 38.2. The molecule has 2 aliphatic rings. The number of rotatable bonds is 4. The van der Waals surface area contributed by atoms with Gasteiger partial charge in [0.05, 0.1) is 31.2 Å². The van der Waals surface area contributed by atoms with E-state index in [1.807, 2.05) is 13.0 Å². The van der Waals surface area contributed by atoms with Crippen LogP contribution in [0.2, 0.25) is 0 Å². The quantitative estimate of drug-likeness (QED) is 0.658. The van der Waals surface area contributed by atoms with Crippen LogP contribution in [0, 0.1) is 22.7 Å². The Morgan fingerprint density at radius 3 is 2.84 bits per heavy atom. The highest BCUT2D eigenvalue weighted by atomic mass is 16.5. The minimum atomic E-state index is -0.837. The highest BCUT2D eigenvalue weighted by Gasteiger charge is 2.61. The van der Waals surface area contributed by atoms with Crippen LogP contribution in [0.25, 0.3) is 0 Å². The minimum absolute atomic E-state index is 0.0404. The Kier molecular flexibility index (Phi) is 4.84. The fourth-order valence-corrected chi connectivity index (χ4v) is 5.63. The Morgan fingerprint density at radius 2 is 2.20 bits per heavy atom. The van der Waals surface area contributed by atoms with Crippen molar-refractivity contribution in [1.29, 1.82) is 0 Å². The van der Waals surface area contributed by atoms with Crippen molar-refractivity contribution in [3.8, 4) is 0 Å². The summed E-state index contributed by atoms with van der Waals surface area (Å²) in [5.74, 6) is 0.172. The molecule has 0 aliphatic heterocycles. The van der Waals surface area contributed by atoms with Crippen LogP contribution in [0.3, 0.4) is 0 Å². The van der Waals surface area contributed by atoms with E-state index in [1.54, 1.807) is 12.5 Å². The van der Waals surface area contributed by atoms with Crippen LogP contribution in [0.5, 0.6) is 0 Å². The first-order chi connectivity index (χ1) is 11.8. The molecule has 4 heteroatoms. The molecule has 1 heterocycles. The first-order valence-electron chi connectivity index (χ1n) is 9.29. The van der Waals surface area contributed by atoms with Gasteiger partial charge >= 0.3 is 5.97 Å². The number of aliphatic hydroxyl groups is 1. The number of carbonyl (C=O) groups excluding carboxylic acids is 1. The van der Waals surface area contributed by atoms with Crippen LogP contribution in [-0.2, 0) is 16.0 Å². The lowest BCUT2D eigenvalue weighted by Gasteiger charge is -2.59. The summed E-state index contributed by atoms with van der Waals surface area (Å²) in [6, 6.07) is 2.01. The molecule has 0 bridgehead atoms. The number of esters is 1. The first kappa shape index (κ1) is 18.2. The van der Waals surface area contributed by atoms with E-state index in [0.29, 0.717) is 12.3 Å². The van der Waals surface area contributed by atoms with Crippen molar-refractivity contribution in [2.24, 2.45) is 22.7 Å². The molecule has 1 aromatic heterocycles. The van der Waals surface area contributed by atoms with Crippen molar-refractivity contribution in [2.45, 2.75) is 58.5 Å². The van der Waals surface area contributed by atoms with Crippen molar-refractivity contribution >= 4 is 5.97 Å². The van der Waals surface area contributed by atoms with Crippen LogP contribution >= 0.6 is 0 Å². The van der Waals surface area contributed by atoms with Crippen molar-refractivity contribution in [2.75, 3.05) is 7.11 Å². The fraction of sp³-hybridized carbons (Fsp3) is 0.667. The maximum atomic E-state index is 12.6. The van der Waals surface area contributed by atoms with E-state index in [4.69, 9.17) is 9.15 Å². The van der Waals surface area contributed by atoms with Crippen molar-refractivity contribution in [1.82, 2.24) is 0 Å². The topological polar surface area (TPSA) is 59.7 Å². The predicted molar refractivity (Wildman–Crippen MR) is 95.9 cm³/mol. The second-order valence-electron chi connectivity index (χ2n) is 8.31. The summed E-state index contributed by atoms with van der Waals surface area (Å²) in [5.41, 5.74) is 1.60. The van der Waals surface area contributed by atoms with Crippen LogP contribution in [-0.4, -0.2) is 24.3 Å². The number of methoxy groups -OCH3 is 1. The number of aliphatic hydroxyl groups excluding tert-OH is 1. The third kappa shape index (κ3) is 2.84. The van der Waals surface area contributed by atoms with Gasteiger partial charge in [-0.15, -0.1) is 0 Å².